The molecule has 8 nitrogen and oxygen atoms in total. The van der Waals surface area contributed by atoms with Crippen LogP contribution in [0.25, 0.3) is 10.8 Å². The standard InChI is InChI=1S/C26H19ClFN3O5S/c1-15-11-18(37(30,33)34)6-8-21(15)31-25(32)14-35-22-9-5-17(28)12-24(22)36-23-10-7-19-16(13-29)3-2-4-20(19)26(23)27/h2-12H,14H2,1H3,(H,31,32)(H2,30,33,34). The molecule has 4 aromatic carbocycles. The van der Waals surface area contributed by atoms with Gasteiger partial charge >= 0.3 is 0 Å². The minimum atomic E-state index is -3.88. The van der Waals surface area contributed by atoms with Crippen molar-refractivity contribution in [1.29, 1.82) is 5.26 Å². The van der Waals surface area contributed by atoms with Crippen LogP contribution in [0.4, 0.5) is 10.1 Å². The summed E-state index contributed by atoms with van der Waals surface area (Å²) in [7, 11) is -3.88. The van der Waals surface area contributed by atoms with Crippen molar-refractivity contribution in [2.24, 2.45) is 5.14 Å². The van der Waals surface area contributed by atoms with Crippen molar-refractivity contribution in [3.63, 3.8) is 0 Å². The molecule has 0 atom stereocenters. The number of hydrogen-bond acceptors (Lipinski definition) is 6. The first-order chi connectivity index (χ1) is 17.6. The zero-order valence-electron chi connectivity index (χ0n) is 19.3. The third-order valence-corrected chi connectivity index (χ3v) is 6.67. The molecular weight excluding hydrogens is 521 g/mol. The fraction of sp³-hybridized carbons (Fsp3) is 0.0769. The van der Waals surface area contributed by atoms with Crippen LogP contribution in [0, 0.1) is 24.1 Å². The largest absolute Gasteiger partial charge is 0.480 e. The van der Waals surface area contributed by atoms with Gasteiger partial charge in [0.1, 0.15) is 11.6 Å². The number of halogens is 2. The summed E-state index contributed by atoms with van der Waals surface area (Å²) in [5.74, 6) is -0.871. The van der Waals surface area contributed by atoms with Gasteiger partial charge in [0, 0.05) is 22.5 Å². The second kappa shape index (κ2) is 10.4. The van der Waals surface area contributed by atoms with Crippen LogP contribution in [0.3, 0.4) is 0 Å². The molecule has 1 amide bonds. The molecule has 4 rings (SSSR count). The highest BCUT2D eigenvalue weighted by Crippen LogP contribution is 2.39. The Bertz CT molecular complexity index is 1690. The lowest BCUT2D eigenvalue weighted by atomic mass is 10.1. The van der Waals surface area contributed by atoms with Gasteiger partial charge in [-0.2, -0.15) is 5.26 Å². The van der Waals surface area contributed by atoms with Gasteiger partial charge in [-0.1, -0.05) is 23.7 Å². The van der Waals surface area contributed by atoms with Crippen LogP contribution in [-0.2, 0) is 14.8 Å². The Labute approximate surface area is 217 Å². The summed E-state index contributed by atoms with van der Waals surface area (Å²) in [6.45, 7) is 1.17. The molecule has 0 saturated heterocycles. The third kappa shape index (κ3) is 5.81. The first-order valence-electron chi connectivity index (χ1n) is 10.7. The number of primary sulfonamides is 1. The predicted octanol–water partition coefficient (Wildman–Crippen LogP) is 5.27. The van der Waals surface area contributed by atoms with E-state index in [0.717, 1.165) is 12.1 Å². The average Bonchev–Trinajstić information content (AvgIpc) is 2.85. The highest BCUT2D eigenvalue weighted by atomic mass is 35.5. The van der Waals surface area contributed by atoms with Crippen molar-refractivity contribution in [3.05, 3.63) is 88.7 Å². The van der Waals surface area contributed by atoms with Gasteiger partial charge in [-0.3, -0.25) is 4.79 Å². The number of anilines is 1. The number of hydrogen-bond donors (Lipinski definition) is 2. The van der Waals surface area contributed by atoms with Crippen LogP contribution in [0.1, 0.15) is 11.1 Å². The number of carbonyl (C=O) groups is 1. The molecule has 0 fully saturated rings. The molecule has 0 aliphatic rings. The molecule has 0 aromatic heterocycles. The van der Waals surface area contributed by atoms with E-state index >= 15 is 0 Å². The van der Waals surface area contributed by atoms with Crippen molar-refractivity contribution in [1.82, 2.24) is 0 Å². The summed E-state index contributed by atoms with van der Waals surface area (Å²) in [5, 5.41) is 18.5. The molecule has 11 heteroatoms. The highest BCUT2D eigenvalue weighted by Gasteiger charge is 2.16. The van der Waals surface area contributed by atoms with Gasteiger partial charge in [0.2, 0.25) is 10.0 Å². The van der Waals surface area contributed by atoms with Crippen molar-refractivity contribution in [3.8, 4) is 23.3 Å². The second-order valence-corrected chi connectivity index (χ2v) is 9.88. The smallest absolute Gasteiger partial charge is 0.262 e. The molecular formula is C26H19ClFN3O5S. The normalized spacial score (nSPS) is 11.1. The fourth-order valence-corrected chi connectivity index (χ4v) is 4.42. The predicted molar refractivity (Wildman–Crippen MR) is 137 cm³/mol. The summed E-state index contributed by atoms with van der Waals surface area (Å²) in [6, 6.07) is 18.0. The van der Waals surface area contributed by atoms with E-state index in [4.69, 9.17) is 26.2 Å². The quantitative estimate of drug-likeness (QED) is 0.329. The Morgan fingerprint density at radius 2 is 1.81 bits per heavy atom. The average molecular weight is 540 g/mol. The number of carbonyl (C=O) groups excluding carboxylic acids is 1. The maximum Gasteiger partial charge on any atom is 0.262 e. The van der Waals surface area contributed by atoms with Crippen LogP contribution < -0.4 is 19.9 Å². The number of nitrogens with one attached hydrogen (secondary N) is 1. The summed E-state index contributed by atoms with van der Waals surface area (Å²) in [6.07, 6.45) is 0. The Hall–Kier alpha value is -4.17. The Balaban J connectivity index is 1.52. The topological polar surface area (TPSA) is 132 Å². The number of sulfonamides is 1. The zero-order chi connectivity index (χ0) is 26.7. The van der Waals surface area contributed by atoms with E-state index in [2.05, 4.69) is 11.4 Å². The van der Waals surface area contributed by atoms with E-state index < -0.39 is 28.4 Å². The van der Waals surface area contributed by atoms with Gasteiger partial charge in [0.25, 0.3) is 5.91 Å². The van der Waals surface area contributed by atoms with E-state index in [9.17, 15) is 22.9 Å². The number of nitrogens with zero attached hydrogens (tertiary/aromatic N) is 1. The Kier molecular flexibility index (Phi) is 7.31. The van der Waals surface area contributed by atoms with Crippen molar-refractivity contribution < 1.29 is 27.1 Å². The number of benzene rings is 4. The molecule has 0 saturated carbocycles. The van der Waals surface area contributed by atoms with E-state index in [1.807, 2.05) is 0 Å². The van der Waals surface area contributed by atoms with Gasteiger partial charge in [0.15, 0.2) is 18.1 Å². The molecule has 4 aromatic rings. The van der Waals surface area contributed by atoms with Crippen molar-refractivity contribution in [2.75, 3.05) is 11.9 Å². The molecule has 0 spiro atoms. The molecule has 188 valence electrons. The van der Waals surface area contributed by atoms with E-state index in [-0.39, 0.29) is 27.2 Å². The first kappa shape index (κ1) is 25.9. The van der Waals surface area contributed by atoms with Crippen LogP contribution in [0.15, 0.2) is 71.6 Å². The molecule has 0 aliphatic heterocycles. The van der Waals surface area contributed by atoms with Gasteiger partial charge < -0.3 is 14.8 Å². The van der Waals surface area contributed by atoms with Gasteiger partial charge in [-0.05, 0) is 61.0 Å². The van der Waals surface area contributed by atoms with E-state index in [0.29, 0.717) is 27.6 Å². The van der Waals surface area contributed by atoms with Crippen LogP contribution in [0.2, 0.25) is 5.02 Å². The van der Waals surface area contributed by atoms with Gasteiger partial charge in [-0.15, -0.1) is 0 Å². The van der Waals surface area contributed by atoms with Crippen molar-refractivity contribution in [2.45, 2.75) is 11.8 Å². The summed E-state index contributed by atoms with van der Waals surface area (Å²) in [4.78, 5) is 12.4. The number of aryl methyl sites for hydroxylation is 1. The lowest BCUT2D eigenvalue weighted by molar-refractivity contribution is -0.118. The lowest BCUT2D eigenvalue weighted by Crippen LogP contribution is -2.21. The van der Waals surface area contributed by atoms with Gasteiger partial charge in [-0.25, -0.2) is 17.9 Å². The van der Waals surface area contributed by atoms with Crippen LogP contribution in [0.5, 0.6) is 17.2 Å². The van der Waals surface area contributed by atoms with Gasteiger partial charge in [0.05, 0.1) is 21.6 Å². The first-order valence-corrected chi connectivity index (χ1v) is 12.6. The monoisotopic (exact) mass is 539 g/mol. The maximum absolute atomic E-state index is 14.0. The molecule has 0 bridgehead atoms. The van der Waals surface area contributed by atoms with E-state index in [1.54, 1.807) is 37.3 Å². The number of rotatable bonds is 7. The zero-order valence-corrected chi connectivity index (χ0v) is 20.9. The number of ether oxygens (including phenoxy) is 2. The molecule has 0 unspecified atom stereocenters. The molecule has 0 heterocycles. The minimum absolute atomic E-state index is 0.0147. The van der Waals surface area contributed by atoms with Crippen molar-refractivity contribution >= 4 is 44.0 Å². The third-order valence-electron chi connectivity index (χ3n) is 5.37. The SMILES string of the molecule is Cc1cc(S(N)(=O)=O)ccc1NC(=O)COc1ccc(F)cc1Oc1ccc2c(C#N)cccc2c1Cl. The van der Waals surface area contributed by atoms with Crippen LogP contribution in [-0.4, -0.2) is 20.9 Å². The number of amides is 1. The molecule has 37 heavy (non-hydrogen) atoms. The fourth-order valence-electron chi connectivity index (χ4n) is 3.56. The number of fused-ring (bicyclic) bond motifs is 1. The Morgan fingerprint density at radius 3 is 2.51 bits per heavy atom. The summed E-state index contributed by atoms with van der Waals surface area (Å²) >= 11 is 6.51. The molecule has 0 radical (unpaired) electrons. The Morgan fingerprint density at radius 1 is 1.05 bits per heavy atom. The van der Waals surface area contributed by atoms with E-state index in [1.165, 1.54) is 24.3 Å². The number of nitrogens with two attached hydrogens (primary N) is 1. The lowest BCUT2D eigenvalue weighted by Gasteiger charge is -2.15. The molecule has 0 aliphatic carbocycles. The number of nitriles is 1. The molecule has 3 N–H and O–H groups in total. The van der Waals surface area contributed by atoms with Crippen LogP contribution >= 0.6 is 11.6 Å². The highest BCUT2D eigenvalue weighted by molar-refractivity contribution is 7.89. The second-order valence-electron chi connectivity index (χ2n) is 7.94. The summed E-state index contributed by atoms with van der Waals surface area (Å²) in [5.41, 5.74) is 1.30. The maximum atomic E-state index is 14.0. The summed E-state index contributed by atoms with van der Waals surface area (Å²) < 4.78 is 48.4. The minimum Gasteiger partial charge on any atom is -0.480 e.